The van der Waals surface area contributed by atoms with E-state index in [1.54, 1.807) is 26.6 Å². The number of carbonyl (C=O) groups is 1. The van der Waals surface area contributed by atoms with Gasteiger partial charge in [0, 0.05) is 67.0 Å². The molecule has 0 bridgehead atoms. The fourth-order valence-electron chi connectivity index (χ4n) is 6.21. The lowest BCUT2D eigenvalue weighted by Gasteiger charge is -2.19. The van der Waals surface area contributed by atoms with E-state index in [1.165, 1.54) is 0 Å². The van der Waals surface area contributed by atoms with E-state index in [0.29, 0.717) is 81.8 Å². The molecule has 2 fully saturated rings. The molecule has 3 atom stereocenters. The third kappa shape index (κ3) is 7.40. The molecule has 13 heteroatoms. The highest BCUT2D eigenvalue weighted by Gasteiger charge is 2.27. The molecule has 2 aliphatic heterocycles. The summed E-state index contributed by atoms with van der Waals surface area (Å²) in [6, 6.07) is 11.8. The van der Waals surface area contributed by atoms with Crippen LogP contribution in [0.5, 0.6) is 11.8 Å². The Morgan fingerprint density at radius 2 is 1.46 bits per heavy atom. The van der Waals surface area contributed by atoms with E-state index in [9.17, 15) is 4.79 Å². The van der Waals surface area contributed by atoms with Gasteiger partial charge in [-0.3, -0.25) is 14.8 Å². The molecule has 0 radical (unpaired) electrons. The zero-order chi connectivity index (χ0) is 33.6. The maximum Gasteiger partial charge on any atom is 0.237 e. The summed E-state index contributed by atoms with van der Waals surface area (Å²) in [5.74, 6) is 0.914. The van der Waals surface area contributed by atoms with Crippen LogP contribution in [0.2, 0.25) is 10.0 Å². The van der Waals surface area contributed by atoms with E-state index in [-0.39, 0.29) is 24.1 Å². The number of ether oxygens (including phenoxy) is 3. The van der Waals surface area contributed by atoms with Gasteiger partial charge in [0.1, 0.15) is 11.4 Å². The average molecular weight is 693 g/mol. The molecule has 0 aliphatic carbocycles. The van der Waals surface area contributed by atoms with Gasteiger partial charge in [-0.2, -0.15) is 0 Å². The lowest BCUT2D eigenvalue weighted by Crippen LogP contribution is -2.35. The molecular formula is C35H39Cl2N7O4. The first-order chi connectivity index (χ1) is 23.4. The van der Waals surface area contributed by atoms with Crippen LogP contribution in [0.4, 0.5) is 0 Å². The van der Waals surface area contributed by atoms with Crippen LogP contribution in [-0.4, -0.2) is 71.4 Å². The number of nitrogens with zero attached hydrogens (tertiary/aromatic N) is 4. The molecule has 6 rings (SSSR count). The first-order valence-corrected chi connectivity index (χ1v) is 16.9. The van der Waals surface area contributed by atoms with Gasteiger partial charge in [-0.15, -0.1) is 0 Å². The van der Waals surface area contributed by atoms with Gasteiger partial charge in [0.15, 0.2) is 0 Å². The fourth-order valence-corrected chi connectivity index (χ4v) is 6.86. The van der Waals surface area contributed by atoms with Crippen molar-refractivity contribution in [3.63, 3.8) is 0 Å². The Bertz CT molecular complexity index is 1780. The SMILES string of the molecule is CC[C@@H]1OCC[C@H]1NCc1ncc(-c2cccc(-c3cccc(-c4cnc(CNC[C@@H]5CCC(=O)N5)c(OC)n4)c3Cl)c2Cl)nc1OC. The predicted octanol–water partition coefficient (Wildman–Crippen LogP) is 5.62. The molecule has 2 aromatic carbocycles. The zero-order valence-corrected chi connectivity index (χ0v) is 28.7. The van der Waals surface area contributed by atoms with E-state index >= 15 is 0 Å². The van der Waals surface area contributed by atoms with E-state index in [2.05, 4.69) is 27.9 Å². The smallest absolute Gasteiger partial charge is 0.237 e. The number of amides is 1. The molecule has 48 heavy (non-hydrogen) atoms. The number of halogens is 2. The summed E-state index contributed by atoms with van der Waals surface area (Å²) in [5.41, 5.74) is 5.37. The number of hydrogen-bond acceptors (Lipinski definition) is 10. The van der Waals surface area contributed by atoms with Crippen LogP contribution in [0.15, 0.2) is 48.8 Å². The number of methoxy groups -OCH3 is 2. The first kappa shape index (κ1) is 34.0. The van der Waals surface area contributed by atoms with Crippen molar-refractivity contribution in [1.29, 1.82) is 0 Å². The van der Waals surface area contributed by atoms with Crippen LogP contribution < -0.4 is 25.4 Å². The Kier molecular flexibility index (Phi) is 11.0. The minimum absolute atomic E-state index is 0.0857. The molecular weight excluding hydrogens is 653 g/mol. The van der Waals surface area contributed by atoms with Crippen LogP contribution in [0.3, 0.4) is 0 Å². The van der Waals surface area contributed by atoms with Crippen molar-refractivity contribution in [2.45, 2.75) is 63.9 Å². The fraction of sp³-hybridized carbons (Fsp3) is 0.400. The summed E-state index contributed by atoms with van der Waals surface area (Å²) < 4.78 is 17.0. The summed E-state index contributed by atoms with van der Waals surface area (Å²) >= 11 is 14.1. The second kappa shape index (κ2) is 15.6. The molecule has 0 spiro atoms. The lowest BCUT2D eigenvalue weighted by molar-refractivity contribution is -0.119. The van der Waals surface area contributed by atoms with E-state index in [4.69, 9.17) is 52.4 Å². The van der Waals surface area contributed by atoms with Crippen molar-refractivity contribution in [3.05, 3.63) is 70.2 Å². The monoisotopic (exact) mass is 691 g/mol. The first-order valence-electron chi connectivity index (χ1n) is 16.1. The summed E-state index contributed by atoms with van der Waals surface area (Å²) in [6.07, 6.45) is 6.89. The molecule has 11 nitrogen and oxygen atoms in total. The number of nitrogens with one attached hydrogen (secondary N) is 3. The lowest BCUT2D eigenvalue weighted by atomic mass is 9.98. The minimum atomic E-state index is 0.0857. The molecule has 2 aliphatic rings. The molecule has 4 heterocycles. The maximum absolute atomic E-state index is 11.5. The van der Waals surface area contributed by atoms with Crippen molar-refractivity contribution in [3.8, 4) is 45.4 Å². The number of rotatable bonds is 13. The maximum atomic E-state index is 11.5. The van der Waals surface area contributed by atoms with Crippen LogP contribution >= 0.6 is 23.2 Å². The predicted molar refractivity (Wildman–Crippen MR) is 185 cm³/mol. The van der Waals surface area contributed by atoms with E-state index in [0.717, 1.165) is 37.0 Å². The van der Waals surface area contributed by atoms with Crippen LogP contribution in [0, 0.1) is 0 Å². The van der Waals surface area contributed by atoms with Gasteiger partial charge in [-0.05, 0) is 19.3 Å². The average Bonchev–Trinajstić information content (AvgIpc) is 3.76. The minimum Gasteiger partial charge on any atom is -0.480 e. The normalized spacial score (nSPS) is 19.0. The van der Waals surface area contributed by atoms with E-state index < -0.39 is 0 Å². The van der Waals surface area contributed by atoms with Crippen LogP contribution in [0.1, 0.15) is 44.0 Å². The zero-order valence-electron chi connectivity index (χ0n) is 27.2. The largest absolute Gasteiger partial charge is 0.480 e. The van der Waals surface area contributed by atoms with Gasteiger partial charge in [0.2, 0.25) is 17.7 Å². The van der Waals surface area contributed by atoms with Gasteiger partial charge >= 0.3 is 0 Å². The second-order valence-electron chi connectivity index (χ2n) is 11.8. The molecule has 0 unspecified atom stereocenters. The van der Waals surface area contributed by atoms with Crippen molar-refractivity contribution in [2.24, 2.45) is 0 Å². The molecule has 252 valence electrons. The molecule has 0 saturated carbocycles. The molecule has 2 aromatic heterocycles. The highest BCUT2D eigenvalue weighted by molar-refractivity contribution is 6.39. The van der Waals surface area contributed by atoms with Gasteiger partial charge in [0.25, 0.3) is 0 Å². The van der Waals surface area contributed by atoms with Crippen LogP contribution in [-0.2, 0) is 22.6 Å². The van der Waals surface area contributed by atoms with Gasteiger partial charge in [-0.1, -0.05) is 66.5 Å². The third-order valence-corrected chi connectivity index (χ3v) is 9.58. The summed E-state index contributed by atoms with van der Waals surface area (Å²) in [6.45, 7) is 4.49. The van der Waals surface area contributed by atoms with Crippen LogP contribution in [0.25, 0.3) is 33.6 Å². The number of hydrogen-bond donors (Lipinski definition) is 3. The third-order valence-electron chi connectivity index (χ3n) is 8.76. The summed E-state index contributed by atoms with van der Waals surface area (Å²) in [5, 5.41) is 10.8. The molecule has 3 N–H and O–H groups in total. The molecule has 4 aromatic rings. The van der Waals surface area contributed by atoms with Gasteiger partial charge < -0.3 is 30.2 Å². The number of aromatic nitrogens is 4. The number of benzene rings is 2. The Labute approximate surface area is 290 Å². The van der Waals surface area contributed by atoms with E-state index in [1.807, 2.05) is 36.4 Å². The summed E-state index contributed by atoms with van der Waals surface area (Å²) in [7, 11) is 3.15. The van der Waals surface area contributed by atoms with Crippen molar-refractivity contribution < 1.29 is 19.0 Å². The highest BCUT2D eigenvalue weighted by atomic mass is 35.5. The van der Waals surface area contributed by atoms with Crippen molar-refractivity contribution in [1.82, 2.24) is 35.9 Å². The molecule has 1 amide bonds. The van der Waals surface area contributed by atoms with Gasteiger partial charge in [0.05, 0.1) is 54.2 Å². The standard InChI is InChI=1S/C35H39Cl2N7O4/c1-4-30-25(13-14-48-30)39-19-29-35(47-3)44-27(18-41-29)24-10-6-8-22(33(24)37)21-7-5-9-23(32(21)36)26-17-40-28(34(43-26)46-2)16-38-15-20-11-12-31(45)42-20/h5-10,17-18,20,25,30,38-39H,4,11-16,19H2,1-3H3,(H,42,45)/t20-,25+,30-/m0/s1. The Balaban J connectivity index is 1.22. The van der Waals surface area contributed by atoms with Crippen molar-refractivity contribution in [2.75, 3.05) is 27.4 Å². The van der Waals surface area contributed by atoms with Gasteiger partial charge in [-0.25, -0.2) is 9.97 Å². The Morgan fingerprint density at radius 1 is 0.875 bits per heavy atom. The summed E-state index contributed by atoms with van der Waals surface area (Å²) in [4.78, 5) is 30.3. The molecule has 2 saturated heterocycles. The number of carbonyl (C=O) groups excluding carboxylic acids is 1. The second-order valence-corrected chi connectivity index (χ2v) is 12.5. The quantitative estimate of drug-likeness (QED) is 0.162. The topological polar surface area (TPSA) is 132 Å². The highest BCUT2D eigenvalue weighted by Crippen LogP contribution is 2.42. The van der Waals surface area contributed by atoms with Crippen molar-refractivity contribution >= 4 is 29.1 Å². The Morgan fingerprint density at radius 3 is 2.00 bits per heavy atom. The Hall–Kier alpha value is -3.87.